The summed E-state index contributed by atoms with van der Waals surface area (Å²) in [5.74, 6) is 0. The van der Waals surface area contributed by atoms with Gasteiger partial charge in [-0.15, -0.1) is 0 Å². The van der Waals surface area contributed by atoms with Gasteiger partial charge in [-0.3, -0.25) is 4.90 Å². The average Bonchev–Trinajstić information content (AvgIpc) is 2.37. The van der Waals surface area contributed by atoms with Crippen LogP contribution in [0.15, 0.2) is 0 Å². The molecule has 2 amide bonds. The van der Waals surface area contributed by atoms with Gasteiger partial charge in [0.15, 0.2) is 0 Å². The van der Waals surface area contributed by atoms with E-state index in [0.29, 0.717) is 0 Å². The highest BCUT2D eigenvalue weighted by molar-refractivity contribution is 5.74. The smallest absolute Gasteiger partial charge is 0.317 e. The Bertz CT molecular complexity index is 216. The van der Waals surface area contributed by atoms with Crippen molar-refractivity contribution < 1.29 is 9.53 Å². The Morgan fingerprint density at radius 2 is 2.00 bits per heavy atom. The van der Waals surface area contributed by atoms with E-state index in [1.807, 2.05) is 4.90 Å². The van der Waals surface area contributed by atoms with E-state index in [9.17, 15) is 4.79 Å². The number of nitrogens with one attached hydrogen (secondary N) is 1. The molecule has 0 aromatic heterocycles. The second kappa shape index (κ2) is 8.31. The maximum atomic E-state index is 11.8. The quantitative estimate of drug-likeness (QED) is 0.701. The maximum Gasteiger partial charge on any atom is 0.317 e. The van der Waals surface area contributed by atoms with Crippen LogP contribution in [0.5, 0.6) is 0 Å². The third kappa shape index (κ3) is 5.37. The minimum atomic E-state index is 0.0878. The second-order valence-electron chi connectivity index (χ2n) is 4.41. The van der Waals surface area contributed by atoms with Crippen LogP contribution in [0, 0.1) is 0 Å². The van der Waals surface area contributed by atoms with E-state index < -0.39 is 0 Å². The summed E-state index contributed by atoms with van der Waals surface area (Å²) in [4.78, 5) is 16.0. The number of ether oxygens (including phenoxy) is 1. The lowest BCUT2D eigenvalue weighted by Crippen LogP contribution is -2.52. The molecular weight excluding hydrogens is 218 g/mol. The summed E-state index contributed by atoms with van der Waals surface area (Å²) in [5.41, 5.74) is 0. The van der Waals surface area contributed by atoms with E-state index in [-0.39, 0.29) is 6.03 Å². The predicted molar refractivity (Wildman–Crippen MR) is 68.2 cm³/mol. The van der Waals surface area contributed by atoms with Gasteiger partial charge >= 0.3 is 6.03 Å². The van der Waals surface area contributed by atoms with Gasteiger partial charge in [0.2, 0.25) is 0 Å². The zero-order valence-electron chi connectivity index (χ0n) is 11.1. The number of amides is 2. The van der Waals surface area contributed by atoms with Crippen molar-refractivity contribution in [3.63, 3.8) is 0 Å². The summed E-state index contributed by atoms with van der Waals surface area (Å²) in [7, 11) is 1.72. The lowest BCUT2D eigenvalue weighted by atomic mass is 10.3. The Labute approximate surface area is 104 Å². The molecule has 0 spiro atoms. The molecule has 0 radical (unpaired) electrons. The van der Waals surface area contributed by atoms with Crippen molar-refractivity contribution in [1.29, 1.82) is 0 Å². The van der Waals surface area contributed by atoms with Crippen molar-refractivity contribution in [1.82, 2.24) is 15.1 Å². The van der Waals surface area contributed by atoms with Crippen LogP contribution in [0.2, 0.25) is 0 Å². The van der Waals surface area contributed by atoms with Gasteiger partial charge in [0.1, 0.15) is 0 Å². The zero-order chi connectivity index (χ0) is 12.5. The van der Waals surface area contributed by atoms with Gasteiger partial charge in [0.25, 0.3) is 0 Å². The molecule has 0 bridgehead atoms. The number of unbranched alkanes of at least 4 members (excludes halogenated alkanes) is 1. The minimum Gasteiger partial charge on any atom is -0.383 e. The van der Waals surface area contributed by atoms with Gasteiger partial charge in [0.05, 0.1) is 6.61 Å². The Kier molecular flexibility index (Phi) is 6.96. The van der Waals surface area contributed by atoms with Crippen LogP contribution in [-0.4, -0.2) is 68.8 Å². The lowest BCUT2D eigenvalue weighted by molar-refractivity contribution is 0.106. The van der Waals surface area contributed by atoms with Crippen LogP contribution in [-0.2, 0) is 4.74 Å². The highest BCUT2D eigenvalue weighted by atomic mass is 16.5. The molecule has 0 aromatic rings. The number of nitrogens with zero attached hydrogens (tertiary/aromatic N) is 2. The van der Waals surface area contributed by atoms with Crippen molar-refractivity contribution in [3.8, 4) is 0 Å². The number of hydrogen-bond acceptors (Lipinski definition) is 3. The molecule has 0 unspecified atom stereocenters. The first-order valence-corrected chi connectivity index (χ1v) is 6.52. The molecule has 1 aliphatic rings. The molecule has 5 nitrogen and oxygen atoms in total. The zero-order valence-corrected chi connectivity index (χ0v) is 11.1. The van der Waals surface area contributed by atoms with Gasteiger partial charge in [-0.05, 0) is 6.42 Å². The van der Waals surface area contributed by atoms with Crippen molar-refractivity contribution >= 4 is 6.03 Å². The largest absolute Gasteiger partial charge is 0.383 e. The lowest BCUT2D eigenvalue weighted by Gasteiger charge is -2.34. The molecule has 17 heavy (non-hydrogen) atoms. The van der Waals surface area contributed by atoms with Crippen LogP contribution >= 0.6 is 0 Å². The van der Waals surface area contributed by atoms with E-state index in [4.69, 9.17) is 4.74 Å². The van der Waals surface area contributed by atoms with Gasteiger partial charge in [-0.2, -0.15) is 0 Å². The van der Waals surface area contributed by atoms with Crippen molar-refractivity contribution in [2.75, 3.05) is 53.0 Å². The first-order valence-electron chi connectivity index (χ1n) is 6.52. The third-order valence-corrected chi connectivity index (χ3v) is 3.08. The molecule has 1 aliphatic heterocycles. The molecule has 0 saturated carbocycles. The summed E-state index contributed by atoms with van der Waals surface area (Å²) in [5, 5.41) is 2.96. The molecule has 1 saturated heterocycles. The average molecular weight is 243 g/mol. The third-order valence-electron chi connectivity index (χ3n) is 3.08. The number of rotatable bonds is 6. The molecule has 1 heterocycles. The highest BCUT2D eigenvalue weighted by Crippen LogP contribution is 2.01. The van der Waals surface area contributed by atoms with Gasteiger partial charge in [-0.25, -0.2) is 4.79 Å². The van der Waals surface area contributed by atoms with E-state index in [1.54, 1.807) is 7.11 Å². The van der Waals surface area contributed by atoms with E-state index in [1.165, 1.54) is 0 Å². The molecular formula is C12H25N3O2. The number of urea groups is 1. The Hall–Kier alpha value is -0.810. The Morgan fingerprint density at radius 3 is 2.59 bits per heavy atom. The maximum absolute atomic E-state index is 11.8. The summed E-state index contributed by atoms with van der Waals surface area (Å²) < 4.78 is 5.05. The minimum absolute atomic E-state index is 0.0878. The molecule has 0 aromatic carbocycles. The van der Waals surface area contributed by atoms with Crippen LogP contribution in [0.4, 0.5) is 4.79 Å². The van der Waals surface area contributed by atoms with E-state index >= 15 is 0 Å². The van der Waals surface area contributed by atoms with Gasteiger partial charge in [0, 0.05) is 46.4 Å². The molecule has 1 rings (SSSR count). The fourth-order valence-corrected chi connectivity index (χ4v) is 1.88. The van der Waals surface area contributed by atoms with Crippen LogP contribution in [0.25, 0.3) is 0 Å². The Balaban J connectivity index is 2.15. The van der Waals surface area contributed by atoms with Gasteiger partial charge < -0.3 is 15.0 Å². The number of methoxy groups -OCH3 is 1. The van der Waals surface area contributed by atoms with Gasteiger partial charge in [-0.1, -0.05) is 13.3 Å². The number of hydrogen-bond donors (Lipinski definition) is 1. The standard InChI is InChI=1S/C12H25N3O2/c1-3-4-5-13-12(16)15-8-6-14(7-9-15)10-11-17-2/h3-11H2,1-2H3,(H,13,16). The fraction of sp³-hybridized carbons (Fsp3) is 0.917. The van der Waals surface area contributed by atoms with E-state index in [2.05, 4.69) is 17.1 Å². The summed E-state index contributed by atoms with van der Waals surface area (Å²) in [6.07, 6.45) is 2.17. The topological polar surface area (TPSA) is 44.8 Å². The summed E-state index contributed by atoms with van der Waals surface area (Å²) in [6, 6.07) is 0.0878. The predicted octanol–water partition coefficient (Wildman–Crippen LogP) is 0.760. The number of carbonyl (C=O) groups is 1. The van der Waals surface area contributed by atoms with Crippen molar-refractivity contribution in [2.24, 2.45) is 0 Å². The summed E-state index contributed by atoms with van der Waals surface area (Å²) >= 11 is 0. The molecule has 0 atom stereocenters. The first kappa shape index (κ1) is 14.3. The number of carbonyl (C=O) groups excluding carboxylic acids is 1. The number of piperazine rings is 1. The van der Waals surface area contributed by atoms with Crippen LogP contribution in [0.3, 0.4) is 0 Å². The van der Waals surface area contributed by atoms with Crippen LogP contribution in [0.1, 0.15) is 19.8 Å². The van der Waals surface area contributed by atoms with Crippen molar-refractivity contribution in [2.45, 2.75) is 19.8 Å². The first-order chi connectivity index (χ1) is 8.27. The molecule has 0 aliphatic carbocycles. The van der Waals surface area contributed by atoms with Crippen LogP contribution < -0.4 is 5.32 Å². The molecule has 1 N–H and O–H groups in total. The normalized spacial score (nSPS) is 17.2. The fourth-order valence-electron chi connectivity index (χ4n) is 1.88. The monoisotopic (exact) mass is 243 g/mol. The summed E-state index contributed by atoms with van der Waals surface area (Å²) in [6.45, 7) is 8.18. The second-order valence-corrected chi connectivity index (χ2v) is 4.41. The Morgan fingerprint density at radius 1 is 1.29 bits per heavy atom. The SMILES string of the molecule is CCCCNC(=O)N1CCN(CCOC)CC1. The van der Waals surface area contributed by atoms with E-state index in [0.717, 1.165) is 58.7 Å². The molecule has 1 fully saturated rings. The molecule has 5 heteroatoms. The molecule has 100 valence electrons. The van der Waals surface area contributed by atoms with Crippen molar-refractivity contribution in [3.05, 3.63) is 0 Å². The highest BCUT2D eigenvalue weighted by Gasteiger charge is 2.20.